The van der Waals surface area contributed by atoms with Gasteiger partial charge in [-0.25, -0.2) is 19.9 Å². The van der Waals surface area contributed by atoms with Gasteiger partial charge in [0.15, 0.2) is 11.7 Å². The lowest BCUT2D eigenvalue weighted by atomic mass is 10.5. The summed E-state index contributed by atoms with van der Waals surface area (Å²) in [6.45, 7) is 0.518. The van der Waals surface area contributed by atoms with E-state index in [9.17, 15) is 0 Å². The van der Waals surface area contributed by atoms with Crippen LogP contribution in [-0.2, 0) is 0 Å². The number of aliphatic imine (C=N–C) groups is 2. The van der Waals surface area contributed by atoms with Gasteiger partial charge in [-0.3, -0.25) is 4.99 Å². The van der Waals surface area contributed by atoms with E-state index in [1.54, 1.807) is 0 Å². The highest BCUT2D eigenvalue weighted by Crippen LogP contribution is 1.89. The van der Waals surface area contributed by atoms with Crippen LogP contribution in [0.3, 0.4) is 0 Å². The Morgan fingerprint density at radius 1 is 1.25 bits per heavy atom. The van der Waals surface area contributed by atoms with Crippen molar-refractivity contribution in [3.8, 4) is 0 Å². The van der Waals surface area contributed by atoms with E-state index in [0.29, 0.717) is 18.3 Å². The summed E-state index contributed by atoms with van der Waals surface area (Å²) in [5.41, 5.74) is 0. The average Bonchev–Trinajstić information content (AvgIpc) is 2.21. The van der Waals surface area contributed by atoms with Crippen molar-refractivity contribution in [3.05, 3.63) is 18.5 Å². The van der Waals surface area contributed by atoms with Gasteiger partial charge in [-0.1, -0.05) is 0 Å². The molecule has 1 N–H and O–H groups in total. The summed E-state index contributed by atoms with van der Waals surface area (Å²) in [5, 5.41) is 2.93. The maximum absolute atomic E-state index is 3.96. The Morgan fingerprint density at radius 3 is 2.75 bits per heavy atom. The minimum absolute atomic E-state index is 0.518. The van der Waals surface area contributed by atoms with Crippen LogP contribution in [0, 0.1) is 0 Å². The van der Waals surface area contributed by atoms with E-state index < -0.39 is 0 Å². The van der Waals surface area contributed by atoms with Crippen LogP contribution in [-0.4, -0.2) is 33.8 Å². The highest BCUT2D eigenvalue weighted by Gasteiger charge is 2.05. The van der Waals surface area contributed by atoms with Gasteiger partial charge in [-0.2, -0.15) is 0 Å². The van der Waals surface area contributed by atoms with Crippen molar-refractivity contribution >= 4 is 12.2 Å². The fraction of sp³-hybridized carbons (Fsp3) is 0.167. The molecule has 0 aliphatic carbocycles. The normalized spacial score (nSPS) is 15.2. The molecule has 0 amide bonds. The van der Waals surface area contributed by atoms with Crippen LogP contribution >= 0.6 is 0 Å². The standard InChI is InChI=1S/C6H6N6/c1-7-2-10-5(9-1)6-11-3-8-4-12-6/h1-3H,4H2,(H,8,11,12). The van der Waals surface area contributed by atoms with Crippen LogP contribution in [0.2, 0.25) is 0 Å². The van der Waals surface area contributed by atoms with E-state index >= 15 is 0 Å². The maximum atomic E-state index is 3.96. The van der Waals surface area contributed by atoms with Gasteiger partial charge in [0.05, 0.1) is 0 Å². The first-order valence-electron chi connectivity index (χ1n) is 3.39. The molecule has 0 atom stereocenters. The van der Waals surface area contributed by atoms with Crippen LogP contribution in [0.15, 0.2) is 22.6 Å². The predicted molar refractivity (Wildman–Crippen MR) is 42.9 cm³/mol. The van der Waals surface area contributed by atoms with Crippen molar-refractivity contribution in [1.29, 1.82) is 0 Å². The second-order valence-electron chi connectivity index (χ2n) is 2.07. The third-order valence-corrected chi connectivity index (χ3v) is 1.31. The number of nitrogens with zero attached hydrogens (tertiary/aromatic N) is 5. The fourth-order valence-corrected chi connectivity index (χ4v) is 0.804. The number of hydrogen-bond donors (Lipinski definition) is 1. The zero-order valence-electron chi connectivity index (χ0n) is 6.18. The van der Waals surface area contributed by atoms with E-state index in [0.717, 1.165) is 0 Å². The minimum Gasteiger partial charge on any atom is -0.348 e. The van der Waals surface area contributed by atoms with E-state index in [-0.39, 0.29) is 0 Å². The summed E-state index contributed by atoms with van der Waals surface area (Å²) in [7, 11) is 0. The van der Waals surface area contributed by atoms with Crippen LogP contribution < -0.4 is 5.32 Å². The minimum atomic E-state index is 0.518. The summed E-state index contributed by atoms with van der Waals surface area (Å²) in [4.78, 5) is 19.4. The van der Waals surface area contributed by atoms with Crippen LogP contribution in [0.4, 0.5) is 0 Å². The molecular formula is C6H6N6. The molecule has 60 valence electrons. The van der Waals surface area contributed by atoms with Crippen LogP contribution in [0.1, 0.15) is 5.82 Å². The van der Waals surface area contributed by atoms with Crippen molar-refractivity contribution in [2.75, 3.05) is 6.67 Å². The van der Waals surface area contributed by atoms with E-state index in [4.69, 9.17) is 0 Å². The van der Waals surface area contributed by atoms with Gasteiger partial charge in [-0.15, -0.1) is 0 Å². The van der Waals surface area contributed by atoms with Crippen molar-refractivity contribution < 1.29 is 0 Å². The monoisotopic (exact) mass is 162 g/mol. The molecule has 0 unspecified atom stereocenters. The predicted octanol–water partition coefficient (Wildman–Crippen LogP) is -0.793. The first-order chi connectivity index (χ1) is 5.97. The molecule has 0 spiro atoms. The Bertz CT molecular complexity index is 316. The van der Waals surface area contributed by atoms with Gasteiger partial charge in [0.25, 0.3) is 0 Å². The van der Waals surface area contributed by atoms with Gasteiger partial charge in [0.2, 0.25) is 0 Å². The quantitative estimate of drug-likeness (QED) is 0.587. The molecule has 1 aliphatic heterocycles. The third kappa shape index (κ3) is 1.26. The molecule has 0 saturated carbocycles. The Balaban J connectivity index is 2.31. The van der Waals surface area contributed by atoms with E-state index in [2.05, 4.69) is 30.3 Å². The number of amidine groups is 1. The Morgan fingerprint density at radius 2 is 2.08 bits per heavy atom. The second kappa shape index (κ2) is 3.04. The largest absolute Gasteiger partial charge is 0.348 e. The van der Waals surface area contributed by atoms with E-state index in [1.807, 2.05) is 0 Å². The van der Waals surface area contributed by atoms with Gasteiger partial charge >= 0.3 is 0 Å². The van der Waals surface area contributed by atoms with Crippen LogP contribution in [0.5, 0.6) is 0 Å². The topological polar surface area (TPSA) is 75.4 Å². The first kappa shape index (κ1) is 6.84. The number of aromatic nitrogens is 3. The SMILES string of the molecule is C1=NCNC(c2ncncn2)=N1. The number of hydrogen-bond acceptors (Lipinski definition) is 6. The fourth-order valence-electron chi connectivity index (χ4n) is 0.804. The van der Waals surface area contributed by atoms with Crippen molar-refractivity contribution in [2.24, 2.45) is 9.98 Å². The Hall–Kier alpha value is -1.85. The van der Waals surface area contributed by atoms with Gasteiger partial charge in [0, 0.05) is 0 Å². The summed E-state index contributed by atoms with van der Waals surface area (Å²) in [5.74, 6) is 1.17. The molecule has 1 aromatic rings. The molecular weight excluding hydrogens is 156 g/mol. The molecule has 6 nitrogen and oxygen atoms in total. The first-order valence-corrected chi connectivity index (χ1v) is 3.39. The third-order valence-electron chi connectivity index (χ3n) is 1.31. The van der Waals surface area contributed by atoms with Gasteiger partial charge < -0.3 is 5.32 Å². The molecule has 1 aromatic heterocycles. The summed E-state index contributed by atoms with van der Waals surface area (Å²) < 4.78 is 0. The number of nitrogens with one attached hydrogen (secondary N) is 1. The molecule has 0 saturated heterocycles. The van der Waals surface area contributed by atoms with Crippen molar-refractivity contribution in [3.63, 3.8) is 0 Å². The molecule has 0 bridgehead atoms. The van der Waals surface area contributed by atoms with Crippen LogP contribution in [0.25, 0.3) is 0 Å². The molecule has 0 radical (unpaired) electrons. The maximum Gasteiger partial charge on any atom is 0.198 e. The lowest BCUT2D eigenvalue weighted by molar-refractivity contribution is 0.893. The van der Waals surface area contributed by atoms with Gasteiger partial charge in [-0.05, 0) is 0 Å². The summed E-state index contributed by atoms with van der Waals surface area (Å²) in [6.07, 6.45) is 4.34. The zero-order chi connectivity index (χ0) is 8.23. The molecule has 12 heavy (non-hydrogen) atoms. The lowest BCUT2D eigenvalue weighted by Crippen LogP contribution is -2.29. The highest BCUT2D eigenvalue weighted by molar-refractivity contribution is 6.00. The molecule has 0 fully saturated rings. The van der Waals surface area contributed by atoms with Crippen molar-refractivity contribution in [1.82, 2.24) is 20.3 Å². The molecule has 6 heteroatoms. The average molecular weight is 162 g/mol. The van der Waals surface area contributed by atoms with Gasteiger partial charge in [0.1, 0.15) is 25.7 Å². The molecule has 2 rings (SSSR count). The van der Waals surface area contributed by atoms with E-state index in [1.165, 1.54) is 19.0 Å². The molecule has 0 aromatic carbocycles. The summed E-state index contributed by atoms with van der Waals surface area (Å²) >= 11 is 0. The Labute approximate surface area is 68.5 Å². The summed E-state index contributed by atoms with van der Waals surface area (Å²) in [6, 6.07) is 0. The number of rotatable bonds is 1. The smallest absolute Gasteiger partial charge is 0.198 e. The van der Waals surface area contributed by atoms with Crippen molar-refractivity contribution in [2.45, 2.75) is 0 Å². The molecule has 1 aliphatic rings. The molecule has 2 heterocycles. The second-order valence-corrected chi connectivity index (χ2v) is 2.07. The lowest BCUT2D eigenvalue weighted by Gasteiger charge is -2.06. The highest BCUT2D eigenvalue weighted by atomic mass is 15.2. The zero-order valence-corrected chi connectivity index (χ0v) is 6.18. The Kier molecular flexibility index (Phi) is 1.73.